The molecule has 1 aromatic heterocycles. The van der Waals surface area contributed by atoms with Crippen LogP contribution in [0.5, 0.6) is 5.19 Å². The van der Waals surface area contributed by atoms with Crippen molar-refractivity contribution < 1.29 is 14.6 Å². The molecule has 0 unspecified atom stereocenters. The van der Waals surface area contributed by atoms with Gasteiger partial charge >= 0.3 is 5.97 Å². The first-order valence-corrected chi connectivity index (χ1v) is 3.79. The van der Waals surface area contributed by atoms with E-state index >= 15 is 0 Å². The van der Waals surface area contributed by atoms with Gasteiger partial charge in [-0.2, -0.15) is 0 Å². The Labute approximate surface area is 72.8 Å². The Morgan fingerprint density at radius 3 is 3.08 bits per heavy atom. The minimum Gasteiger partial charge on any atom is -0.473 e. The summed E-state index contributed by atoms with van der Waals surface area (Å²) in [5.41, 5.74) is 0. The number of hydrogen-bond donors (Lipinski definition) is 1. The topological polar surface area (TPSA) is 59.4 Å². The van der Waals surface area contributed by atoms with Crippen molar-refractivity contribution in [2.75, 3.05) is 7.11 Å². The molecule has 1 rings (SSSR count). The molecule has 0 saturated carbocycles. The molecule has 0 atom stereocenters. The summed E-state index contributed by atoms with van der Waals surface area (Å²) >= 11 is 1.20. The number of carboxylic acid groups (broad SMARTS) is 1. The van der Waals surface area contributed by atoms with Gasteiger partial charge in [0.15, 0.2) is 0 Å². The number of nitrogens with zero attached hydrogens (tertiary/aromatic N) is 1. The maximum Gasteiger partial charge on any atom is 0.382 e. The van der Waals surface area contributed by atoms with Crippen LogP contribution in [-0.4, -0.2) is 23.2 Å². The second-order valence-corrected chi connectivity index (χ2v) is 2.74. The number of rotatable bonds is 1. The van der Waals surface area contributed by atoms with E-state index in [1.165, 1.54) is 24.6 Å². The fourth-order valence-electron chi connectivity index (χ4n) is 0.525. The summed E-state index contributed by atoms with van der Waals surface area (Å²) in [6, 6.07) is 0. The van der Waals surface area contributed by atoms with Crippen LogP contribution in [0.15, 0.2) is 6.20 Å². The van der Waals surface area contributed by atoms with Crippen molar-refractivity contribution in [3.8, 4) is 17.0 Å². The third-order valence-electron chi connectivity index (χ3n) is 0.952. The van der Waals surface area contributed by atoms with Gasteiger partial charge in [-0.25, -0.2) is 9.78 Å². The van der Waals surface area contributed by atoms with Crippen LogP contribution in [0.2, 0.25) is 0 Å². The minimum atomic E-state index is -1.15. The maximum absolute atomic E-state index is 10.0. The Bertz CT molecular complexity index is 347. The molecule has 0 aliphatic heterocycles. The maximum atomic E-state index is 10.0. The third-order valence-corrected chi connectivity index (χ3v) is 1.83. The molecule has 0 amide bonds. The van der Waals surface area contributed by atoms with Gasteiger partial charge in [-0.3, -0.25) is 0 Å². The fourth-order valence-corrected chi connectivity index (χ4v) is 1.11. The van der Waals surface area contributed by atoms with E-state index in [4.69, 9.17) is 9.84 Å². The SMILES string of the molecule is COc1ncc(C#CC(=O)O)s1. The van der Waals surface area contributed by atoms with Crippen molar-refractivity contribution in [3.05, 3.63) is 11.1 Å². The van der Waals surface area contributed by atoms with E-state index in [-0.39, 0.29) is 0 Å². The molecule has 0 aromatic carbocycles. The monoisotopic (exact) mass is 183 g/mol. The molecule has 1 aromatic rings. The molecule has 4 nitrogen and oxygen atoms in total. The van der Waals surface area contributed by atoms with Gasteiger partial charge in [-0.1, -0.05) is 11.3 Å². The number of aromatic nitrogens is 1. The van der Waals surface area contributed by atoms with E-state index in [0.29, 0.717) is 10.1 Å². The molecule has 62 valence electrons. The second kappa shape index (κ2) is 3.74. The molecule has 5 heteroatoms. The number of aliphatic carboxylic acids is 1. The van der Waals surface area contributed by atoms with Gasteiger partial charge in [0, 0.05) is 5.92 Å². The van der Waals surface area contributed by atoms with Crippen LogP contribution < -0.4 is 4.74 Å². The number of carboxylic acids is 1. The molecule has 0 radical (unpaired) electrons. The van der Waals surface area contributed by atoms with Gasteiger partial charge in [0.25, 0.3) is 5.19 Å². The van der Waals surface area contributed by atoms with Crippen molar-refractivity contribution in [2.45, 2.75) is 0 Å². The van der Waals surface area contributed by atoms with E-state index in [1.807, 2.05) is 5.92 Å². The molecule has 0 saturated heterocycles. The summed E-state index contributed by atoms with van der Waals surface area (Å²) in [6.07, 6.45) is 1.47. The first-order chi connectivity index (χ1) is 5.72. The highest BCUT2D eigenvalue weighted by Gasteiger charge is 1.97. The Morgan fingerprint density at radius 1 is 1.83 bits per heavy atom. The van der Waals surface area contributed by atoms with Crippen LogP contribution in [-0.2, 0) is 4.79 Å². The molecular formula is C7H5NO3S. The molecule has 0 aliphatic carbocycles. The van der Waals surface area contributed by atoms with Gasteiger partial charge in [0.2, 0.25) is 0 Å². The van der Waals surface area contributed by atoms with Gasteiger partial charge in [0.05, 0.1) is 13.3 Å². The number of hydrogen-bond acceptors (Lipinski definition) is 4. The lowest BCUT2D eigenvalue weighted by Gasteiger charge is -1.84. The first-order valence-electron chi connectivity index (χ1n) is 2.97. The van der Waals surface area contributed by atoms with Gasteiger partial charge < -0.3 is 9.84 Å². The summed E-state index contributed by atoms with van der Waals surface area (Å²) in [6.45, 7) is 0. The predicted octanol–water partition coefficient (Wildman–Crippen LogP) is 0.588. The Balaban J connectivity index is 2.78. The van der Waals surface area contributed by atoms with E-state index in [2.05, 4.69) is 10.9 Å². The van der Waals surface area contributed by atoms with Crippen LogP contribution in [0.3, 0.4) is 0 Å². The summed E-state index contributed by atoms with van der Waals surface area (Å²) in [7, 11) is 1.49. The molecule has 0 aliphatic rings. The number of ether oxygens (including phenoxy) is 1. The largest absolute Gasteiger partial charge is 0.473 e. The third kappa shape index (κ3) is 2.25. The zero-order valence-corrected chi connectivity index (χ0v) is 7.01. The molecular weight excluding hydrogens is 178 g/mol. The molecule has 0 fully saturated rings. The summed E-state index contributed by atoms with van der Waals surface area (Å²) in [5.74, 6) is 3.26. The highest BCUT2D eigenvalue weighted by atomic mass is 32.1. The zero-order valence-electron chi connectivity index (χ0n) is 6.20. The molecule has 0 bridgehead atoms. The van der Waals surface area contributed by atoms with Crippen LogP contribution >= 0.6 is 11.3 Å². The Kier molecular flexibility index (Phi) is 2.66. The normalized spacial score (nSPS) is 8.42. The minimum absolute atomic E-state index is 0.477. The molecule has 12 heavy (non-hydrogen) atoms. The van der Waals surface area contributed by atoms with Crippen molar-refractivity contribution in [2.24, 2.45) is 0 Å². The zero-order chi connectivity index (χ0) is 8.97. The van der Waals surface area contributed by atoms with Crippen molar-refractivity contribution >= 4 is 17.3 Å². The van der Waals surface area contributed by atoms with E-state index in [0.717, 1.165) is 0 Å². The first kappa shape index (κ1) is 8.56. The quantitative estimate of drug-likeness (QED) is 0.647. The van der Waals surface area contributed by atoms with Crippen LogP contribution in [0.25, 0.3) is 0 Å². The van der Waals surface area contributed by atoms with Crippen molar-refractivity contribution in [1.29, 1.82) is 0 Å². The Hall–Kier alpha value is -1.54. The van der Waals surface area contributed by atoms with Crippen molar-refractivity contribution in [1.82, 2.24) is 4.98 Å². The lowest BCUT2D eigenvalue weighted by atomic mass is 10.5. The van der Waals surface area contributed by atoms with Crippen LogP contribution in [0.4, 0.5) is 0 Å². The smallest absolute Gasteiger partial charge is 0.382 e. The van der Waals surface area contributed by atoms with Crippen LogP contribution in [0.1, 0.15) is 4.88 Å². The second-order valence-electron chi connectivity index (χ2n) is 1.75. The number of methoxy groups -OCH3 is 1. The summed E-state index contributed by atoms with van der Waals surface area (Å²) in [4.78, 5) is 14.4. The summed E-state index contributed by atoms with van der Waals surface area (Å²) < 4.78 is 4.79. The van der Waals surface area contributed by atoms with Crippen LogP contribution in [0, 0.1) is 11.8 Å². The molecule has 0 spiro atoms. The average Bonchev–Trinajstić information content (AvgIpc) is 2.48. The fraction of sp³-hybridized carbons (Fsp3) is 0.143. The lowest BCUT2D eigenvalue weighted by Crippen LogP contribution is -1.85. The highest BCUT2D eigenvalue weighted by Crippen LogP contribution is 2.18. The van der Waals surface area contributed by atoms with Crippen molar-refractivity contribution in [3.63, 3.8) is 0 Å². The molecule has 1 heterocycles. The van der Waals surface area contributed by atoms with Gasteiger partial charge in [-0.05, 0) is 5.92 Å². The number of carbonyl (C=O) groups is 1. The van der Waals surface area contributed by atoms with E-state index in [9.17, 15) is 4.79 Å². The molecule has 1 N–H and O–H groups in total. The van der Waals surface area contributed by atoms with Gasteiger partial charge in [0.1, 0.15) is 4.88 Å². The lowest BCUT2D eigenvalue weighted by molar-refractivity contribution is -0.130. The Morgan fingerprint density at radius 2 is 2.58 bits per heavy atom. The average molecular weight is 183 g/mol. The standard InChI is InChI=1S/C7H5NO3S/c1-11-7-8-4-5(12-7)2-3-6(9)10/h4H,1H3,(H,9,10). The number of thiazole rings is 1. The predicted molar refractivity (Wildman–Crippen MR) is 43.2 cm³/mol. The van der Waals surface area contributed by atoms with E-state index in [1.54, 1.807) is 0 Å². The van der Waals surface area contributed by atoms with E-state index < -0.39 is 5.97 Å². The highest BCUT2D eigenvalue weighted by molar-refractivity contribution is 7.13. The summed E-state index contributed by atoms with van der Waals surface area (Å²) in [5, 5.41) is 8.69. The van der Waals surface area contributed by atoms with Gasteiger partial charge in [-0.15, -0.1) is 0 Å².